The summed E-state index contributed by atoms with van der Waals surface area (Å²) in [5.74, 6) is 0.109. The lowest BCUT2D eigenvalue weighted by Gasteiger charge is -2.19. The van der Waals surface area contributed by atoms with E-state index in [1.54, 1.807) is 6.07 Å². The molecule has 0 radical (unpaired) electrons. The van der Waals surface area contributed by atoms with Gasteiger partial charge < -0.3 is 19.9 Å². The molecule has 0 aromatic heterocycles. The average molecular weight is 299 g/mol. The summed E-state index contributed by atoms with van der Waals surface area (Å²) in [5, 5.41) is 13.1. The molecule has 0 fully saturated rings. The lowest BCUT2D eigenvalue weighted by atomic mass is 10.1. The van der Waals surface area contributed by atoms with Crippen LogP contribution in [-0.4, -0.2) is 37.6 Å². The van der Waals surface area contributed by atoms with E-state index in [0.29, 0.717) is 12.4 Å². The van der Waals surface area contributed by atoms with E-state index in [4.69, 9.17) is 9.47 Å². The van der Waals surface area contributed by atoms with Crippen LogP contribution in [0.2, 0.25) is 0 Å². The first-order chi connectivity index (χ1) is 10.1. The maximum atomic E-state index is 13.4. The van der Waals surface area contributed by atoms with Crippen molar-refractivity contribution in [3.8, 4) is 5.75 Å². The quantitative estimate of drug-likeness (QED) is 0.697. The molecule has 1 aromatic carbocycles. The zero-order valence-electron chi connectivity index (χ0n) is 13.1. The first kappa shape index (κ1) is 17.9. The van der Waals surface area contributed by atoms with E-state index < -0.39 is 6.10 Å². The van der Waals surface area contributed by atoms with Crippen LogP contribution in [-0.2, 0) is 4.74 Å². The standard InChI is InChI=1S/C16H26FNO3/c1-4-8-18-12(3)15-7-6-13(17)9-16(15)21-11-14(19)10-20-5-2/h6-7,9,12,14,18-19H,4-5,8,10-11H2,1-3H3. The molecular formula is C16H26FNO3. The van der Waals surface area contributed by atoms with Crippen molar-refractivity contribution in [2.75, 3.05) is 26.4 Å². The highest BCUT2D eigenvalue weighted by molar-refractivity contribution is 5.36. The SMILES string of the molecule is CCCNC(C)c1ccc(F)cc1OCC(O)COCC. The van der Waals surface area contributed by atoms with Crippen LogP contribution in [0.3, 0.4) is 0 Å². The molecule has 2 unspecified atom stereocenters. The number of nitrogens with one attached hydrogen (secondary N) is 1. The van der Waals surface area contributed by atoms with E-state index in [2.05, 4.69) is 12.2 Å². The van der Waals surface area contributed by atoms with Gasteiger partial charge in [-0.25, -0.2) is 4.39 Å². The molecule has 0 bridgehead atoms. The fourth-order valence-corrected chi connectivity index (χ4v) is 1.95. The molecule has 2 atom stereocenters. The highest BCUT2D eigenvalue weighted by Gasteiger charge is 2.14. The second-order valence-corrected chi connectivity index (χ2v) is 4.98. The highest BCUT2D eigenvalue weighted by atomic mass is 19.1. The van der Waals surface area contributed by atoms with Crippen LogP contribution in [0.15, 0.2) is 18.2 Å². The van der Waals surface area contributed by atoms with Crippen LogP contribution in [0.5, 0.6) is 5.75 Å². The number of benzene rings is 1. The number of rotatable bonds is 10. The fourth-order valence-electron chi connectivity index (χ4n) is 1.95. The summed E-state index contributed by atoms with van der Waals surface area (Å²) >= 11 is 0. The van der Waals surface area contributed by atoms with Crippen molar-refractivity contribution in [1.29, 1.82) is 0 Å². The molecule has 120 valence electrons. The zero-order valence-corrected chi connectivity index (χ0v) is 13.1. The van der Waals surface area contributed by atoms with Gasteiger partial charge in [0.15, 0.2) is 0 Å². The Balaban J connectivity index is 2.68. The molecule has 0 aliphatic heterocycles. The van der Waals surface area contributed by atoms with Gasteiger partial charge in [-0.15, -0.1) is 0 Å². The van der Waals surface area contributed by atoms with Gasteiger partial charge in [0.05, 0.1) is 6.61 Å². The van der Waals surface area contributed by atoms with Gasteiger partial charge >= 0.3 is 0 Å². The van der Waals surface area contributed by atoms with Gasteiger partial charge in [-0.3, -0.25) is 0 Å². The molecule has 2 N–H and O–H groups in total. The maximum absolute atomic E-state index is 13.4. The number of aliphatic hydroxyl groups excluding tert-OH is 1. The lowest BCUT2D eigenvalue weighted by molar-refractivity contribution is 0.0161. The minimum absolute atomic E-state index is 0.0598. The smallest absolute Gasteiger partial charge is 0.127 e. The third-order valence-corrected chi connectivity index (χ3v) is 3.09. The van der Waals surface area contributed by atoms with Crippen molar-refractivity contribution in [2.24, 2.45) is 0 Å². The van der Waals surface area contributed by atoms with Crippen molar-refractivity contribution in [2.45, 2.75) is 39.3 Å². The summed E-state index contributed by atoms with van der Waals surface area (Å²) in [7, 11) is 0. The topological polar surface area (TPSA) is 50.7 Å². The summed E-state index contributed by atoms with van der Waals surface area (Å²) < 4.78 is 24.1. The van der Waals surface area contributed by atoms with Gasteiger partial charge in [-0.05, 0) is 32.9 Å². The van der Waals surface area contributed by atoms with Gasteiger partial charge in [0.1, 0.15) is 24.3 Å². The molecule has 0 amide bonds. The van der Waals surface area contributed by atoms with Crippen LogP contribution in [0.25, 0.3) is 0 Å². The highest BCUT2D eigenvalue weighted by Crippen LogP contribution is 2.26. The Morgan fingerprint density at radius 3 is 2.71 bits per heavy atom. The molecule has 0 saturated carbocycles. The Bertz CT molecular complexity index is 415. The van der Waals surface area contributed by atoms with Crippen LogP contribution in [0.1, 0.15) is 38.8 Å². The normalized spacial score (nSPS) is 14.0. The summed E-state index contributed by atoms with van der Waals surface area (Å²) in [6, 6.07) is 4.55. The predicted octanol–water partition coefficient (Wildman–Crippen LogP) is 2.66. The molecule has 4 nitrogen and oxygen atoms in total. The minimum atomic E-state index is -0.722. The Morgan fingerprint density at radius 1 is 1.29 bits per heavy atom. The second kappa shape index (κ2) is 9.71. The first-order valence-electron chi connectivity index (χ1n) is 7.49. The number of aliphatic hydroxyl groups is 1. The number of hydrogen-bond donors (Lipinski definition) is 2. The van der Waals surface area contributed by atoms with E-state index in [0.717, 1.165) is 18.5 Å². The molecule has 0 aliphatic carbocycles. The Labute approximate surface area is 126 Å². The van der Waals surface area contributed by atoms with Crippen molar-refractivity contribution >= 4 is 0 Å². The monoisotopic (exact) mass is 299 g/mol. The fraction of sp³-hybridized carbons (Fsp3) is 0.625. The van der Waals surface area contributed by atoms with Gasteiger partial charge in [0, 0.05) is 24.3 Å². The molecule has 21 heavy (non-hydrogen) atoms. The van der Waals surface area contributed by atoms with Crippen molar-refractivity contribution < 1.29 is 19.0 Å². The van der Waals surface area contributed by atoms with Gasteiger partial charge in [-0.2, -0.15) is 0 Å². The number of halogens is 1. The molecule has 5 heteroatoms. The van der Waals surface area contributed by atoms with Gasteiger partial charge in [0.25, 0.3) is 0 Å². The first-order valence-corrected chi connectivity index (χ1v) is 7.49. The Kier molecular flexibility index (Phi) is 8.27. The van der Waals surface area contributed by atoms with Crippen molar-refractivity contribution in [3.63, 3.8) is 0 Å². The second-order valence-electron chi connectivity index (χ2n) is 4.98. The molecule has 0 spiro atoms. The van der Waals surface area contributed by atoms with E-state index in [1.807, 2.05) is 13.8 Å². The largest absolute Gasteiger partial charge is 0.490 e. The average Bonchev–Trinajstić information content (AvgIpc) is 2.48. The zero-order chi connectivity index (χ0) is 15.7. The van der Waals surface area contributed by atoms with Crippen molar-refractivity contribution in [1.82, 2.24) is 5.32 Å². The van der Waals surface area contributed by atoms with Crippen LogP contribution >= 0.6 is 0 Å². The molecular weight excluding hydrogens is 273 g/mol. The molecule has 0 heterocycles. The van der Waals surface area contributed by atoms with Gasteiger partial charge in [0.2, 0.25) is 0 Å². The summed E-state index contributed by atoms with van der Waals surface area (Å²) in [6.07, 6.45) is 0.300. The molecule has 1 aromatic rings. The summed E-state index contributed by atoms with van der Waals surface area (Å²) in [5.41, 5.74) is 0.883. The summed E-state index contributed by atoms with van der Waals surface area (Å²) in [6.45, 7) is 7.67. The van der Waals surface area contributed by atoms with Crippen LogP contribution < -0.4 is 10.1 Å². The number of hydrogen-bond acceptors (Lipinski definition) is 4. The Hall–Kier alpha value is -1.17. The Morgan fingerprint density at radius 2 is 2.05 bits per heavy atom. The lowest BCUT2D eigenvalue weighted by Crippen LogP contribution is -2.25. The third-order valence-electron chi connectivity index (χ3n) is 3.09. The number of ether oxygens (including phenoxy) is 2. The maximum Gasteiger partial charge on any atom is 0.127 e. The third kappa shape index (κ3) is 6.42. The van der Waals surface area contributed by atoms with E-state index >= 15 is 0 Å². The van der Waals surface area contributed by atoms with Gasteiger partial charge in [-0.1, -0.05) is 13.0 Å². The van der Waals surface area contributed by atoms with E-state index in [9.17, 15) is 9.50 Å². The molecule has 0 saturated heterocycles. The van der Waals surface area contributed by atoms with E-state index in [1.165, 1.54) is 12.1 Å². The van der Waals surface area contributed by atoms with Crippen molar-refractivity contribution in [3.05, 3.63) is 29.6 Å². The van der Waals surface area contributed by atoms with Crippen LogP contribution in [0.4, 0.5) is 4.39 Å². The molecule has 1 rings (SSSR count). The van der Waals surface area contributed by atoms with E-state index in [-0.39, 0.29) is 25.1 Å². The predicted molar refractivity (Wildman–Crippen MR) is 81.1 cm³/mol. The minimum Gasteiger partial charge on any atom is -0.490 e. The molecule has 0 aliphatic rings. The summed E-state index contributed by atoms with van der Waals surface area (Å²) in [4.78, 5) is 0. The van der Waals surface area contributed by atoms with Crippen LogP contribution in [0, 0.1) is 5.82 Å².